The largest absolute Gasteiger partial charge is 0.378 e. The average molecular weight is 425 g/mol. The van der Waals surface area contributed by atoms with Crippen molar-refractivity contribution in [3.05, 3.63) is 34.8 Å². The predicted octanol–water partition coefficient (Wildman–Crippen LogP) is 2.46. The first-order valence-electron chi connectivity index (χ1n) is 10.6. The number of hydrogen-bond donors (Lipinski definition) is 0. The monoisotopic (exact) mass is 424 g/mol. The third-order valence-corrected chi connectivity index (χ3v) is 7.45. The third-order valence-electron chi connectivity index (χ3n) is 6.52. The number of piperidine rings is 1. The number of morpholine rings is 1. The Bertz CT molecular complexity index is 1040. The van der Waals surface area contributed by atoms with Gasteiger partial charge in [0, 0.05) is 54.7 Å². The van der Waals surface area contributed by atoms with Crippen LogP contribution in [0.1, 0.15) is 17.8 Å². The van der Waals surface area contributed by atoms with E-state index in [4.69, 9.17) is 9.47 Å². The number of epoxide rings is 1. The number of ether oxygens (including phenoxy) is 2. The van der Waals surface area contributed by atoms with Crippen LogP contribution in [-0.2, 0) is 15.1 Å². The van der Waals surface area contributed by atoms with Crippen LogP contribution in [-0.4, -0.2) is 66.4 Å². The quantitative estimate of drug-likeness (QED) is 0.591. The highest BCUT2D eigenvalue weighted by Gasteiger charge is 2.55. The molecule has 0 bridgehead atoms. The van der Waals surface area contributed by atoms with Gasteiger partial charge in [0.05, 0.1) is 19.8 Å². The van der Waals surface area contributed by atoms with Gasteiger partial charge in [-0.2, -0.15) is 0 Å². The molecular weight excluding hydrogens is 400 g/mol. The van der Waals surface area contributed by atoms with Crippen molar-refractivity contribution in [1.29, 1.82) is 0 Å². The number of rotatable bonds is 4. The van der Waals surface area contributed by atoms with Crippen LogP contribution in [0.3, 0.4) is 0 Å². The molecule has 8 nitrogen and oxygen atoms in total. The van der Waals surface area contributed by atoms with Gasteiger partial charge in [-0.05, 0) is 36.3 Å². The summed E-state index contributed by atoms with van der Waals surface area (Å²) in [5.41, 5.74) is 1.86. The molecule has 30 heavy (non-hydrogen) atoms. The van der Waals surface area contributed by atoms with Crippen LogP contribution in [0.5, 0.6) is 0 Å². The molecule has 3 aromatic rings. The Labute approximate surface area is 178 Å². The minimum absolute atomic E-state index is 0.202. The Hall–Kier alpha value is -2.36. The lowest BCUT2D eigenvalue weighted by Crippen LogP contribution is -2.41. The Morgan fingerprint density at radius 1 is 1.10 bits per heavy atom. The fraction of sp³-hybridized carbons (Fsp3) is 0.524. The summed E-state index contributed by atoms with van der Waals surface area (Å²) in [6.07, 6.45) is 4.13. The van der Waals surface area contributed by atoms with Gasteiger partial charge < -0.3 is 19.3 Å². The first-order chi connectivity index (χ1) is 14.8. The molecule has 0 saturated carbocycles. The molecule has 0 radical (unpaired) electrons. The van der Waals surface area contributed by atoms with Gasteiger partial charge in [-0.1, -0.05) is 0 Å². The second kappa shape index (κ2) is 7.40. The van der Waals surface area contributed by atoms with Crippen LogP contribution in [0.25, 0.3) is 10.9 Å². The maximum absolute atomic E-state index is 5.99. The van der Waals surface area contributed by atoms with Gasteiger partial charge in [-0.25, -0.2) is 4.98 Å². The normalized spacial score (nSPS) is 26.9. The molecule has 156 valence electrons. The topological polar surface area (TPSA) is 79.8 Å². The summed E-state index contributed by atoms with van der Waals surface area (Å²) in [6.45, 7) is 5.99. The first-order valence-corrected chi connectivity index (χ1v) is 11.5. The van der Waals surface area contributed by atoms with Crippen LogP contribution in [0.4, 0.5) is 11.5 Å². The van der Waals surface area contributed by atoms with Gasteiger partial charge in [-0.3, -0.25) is 0 Å². The molecule has 3 aliphatic heterocycles. The zero-order chi connectivity index (χ0) is 20.0. The summed E-state index contributed by atoms with van der Waals surface area (Å²) in [5, 5.41) is 17.1. The molecule has 3 fully saturated rings. The number of benzene rings is 1. The molecule has 9 heteroatoms. The molecule has 6 rings (SSSR count). The second-order valence-corrected chi connectivity index (χ2v) is 9.11. The van der Waals surface area contributed by atoms with Crippen molar-refractivity contribution in [2.45, 2.75) is 18.4 Å². The van der Waals surface area contributed by atoms with Crippen molar-refractivity contribution in [1.82, 2.24) is 20.4 Å². The molecule has 2 atom stereocenters. The van der Waals surface area contributed by atoms with E-state index in [1.54, 1.807) is 11.3 Å². The van der Waals surface area contributed by atoms with Crippen molar-refractivity contribution in [3.8, 4) is 0 Å². The van der Waals surface area contributed by atoms with Crippen LogP contribution in [0, 0.1) is 5.92 Å². The van der Waals surface area contributed by atoms with Crippen LogP contribution >= 0.6 is 11.3 Å². The summed E-state index contributed by atoms with van der Waals surface area (Å²) in [4.78, 5) is 9.25. The molecule has 2 aromatic heterocycles. The van der Waals surface area contributed by atoms with E-state index < -0.39 is 0 Å². The number of nitrogens with zero attached hydrogens (tertiary/aromatic N) is 6. The van der Waals surface area contributed by atoms with Crippen LogP contribution in [0.2, 0.25) is 0 Å². The molecule has 3 aliphatic rings. The Balaban J connectivity index is 1.29. The first kappa shape index (κ1) is 18.4. The summed E-state index contributed by atoms with van der Waals surface area (Å²) < 4.78 is 11.5. The van der Waals surface area contributed by atoms with Crippen LogP contribution < -0.4 is 9.80 Å². The highest BCUT2D eigenvalue weighted by atomic mass is 32.1. The van der Waals surface area contributed by atoms with Gasteiger partial charge >= 0.3 is 0 Å². The molecule has 0 unspecified atom stereocenters. The minimum Gasteiger partial charge on any atom is -0.378 e. The smallest absolute Gasteiger partial charge is 0.162 e. The Morgan fingerprint density at radius 2 is 2.00 bits per heavy atom. The minimum atomic E-state index is -0.202. The Morgan fingerprint density at radius 3 is 2.80 bits per heavy atom. The zero-order valence-corrected chi connectivity index (χ0v) is 17.6. The molecule has 0 N–H and O–H groups in total. The fourth-order valence-corrected chi connectivity index (χ4v) is 5.66. The molecule has 1 aromatic carbocycles. The number of fused-ring (bicyclic) bond motifs is 1. The standard InChI is InChI=1S/C21H24N6O2S/c1-2-15(21(14-29-21)20-22-5-11-30-20)13-27(6-1)19-17-4-3-16(12-18(17)23-25-24-19)26-7-9-28-10-8-26/h3-5,11-12,15H,1-2,6-10,13-14H2/t15-,21-/m0/s1. The van der Waals surface area contributed by atoms with Crippen molar-refractivity contribution in [2.75, 3.05) is 55.8 Å². The lowest BCUT2D eigenvalue weighted by Gasteiger charge is -2.36. The maximum Gasteiger partial charge on any atom is 0.162 e. The number of hydrogen-bond acceptors (Lipinski definition) is 9. The van der Waals surface area contributed by atoms with E-state index in [1.807, 2.05) is 11.6 Å². The number of aromatic nitrogens is 4. The van der Waals surface area contributed by atoms with Gasteiger partial charge in [-0.15, -0.1) is 21.5 Å². The van der Waals surface area contributed by atoms with E-state index in [1.165, 1.54) is 5.69 Å². The van der Waals surface area contributed by atoms with E-state index in [9.17, 15) is 0 Å². The highest BCUT2D eigenvalue weighted by molar-refractivity contribution is 7.09. The van der Waals surface area contributed by atoms with Crippen molar-refractivity contribution in [2.24, 2.45) is 5.92 Å². The van der Waals surface area contributed by atoms with Gasteiger partial charge in [0.2, 0.25) is 0 Å². The van der Waals surface area contributed by atoms with Gasteiger partial charge in [0.25, 0.3) is 0 Å². The molecule has 0 amide bonds. The highest BCUT2D eigenvalue weighted by Crippen LogP contribution is 2.49. The van der Waals surface area contributed by atoms with Crippen molar-refractivity contribution in [3.63, 3.8) is 0 Å². The van der Waals surface area contributed by atoms with E-state index in [0.29, 0.717) is 5.92 Å². The van der Waals surface area contributed by atoms with Crippen LogP contribution in [0.15, 0.2) is 29.8 Å². The van der Waals surface area contributed by atoms with E-state index in [0.717, 1.165) is 80.6 Å². The van der Waals surface area contributed by atoms with Crippen molar-refractivity contribution < 1.29 is 9.47 Å². The summed E-state index contributed by atoms with van der Waals surface area (Å²) in [6, 6.07) is 6.44. The molecule has 3 saturated heterocycles. The summed E-state index contributed by atoms with van der Waals surface area (Å²) in [7, 11) is 0. The molecule has 0 spiro atoms. The summed E-state index contributed by atoms with van der Waals surface area (Å²) >= 11 is 1.69. The lowest BCUT2D eigenvalue weighted by molar-refractivity contribution is 0.122. The van der Waals surface area contributed by atoms with Crippen molar-refractivity contribution >= 4 is 33.7 Å². The molecular formula is C21H24N6O2S. The van der Waals surface area contributed by atoms with Gasteiger partial charge in [0.15, 0.2) is 5.82 Å². The predicted molar refractivity (Wildman–Crippen MR) is 115 cm³/mol. The second-order valence-electron chi connectivity index (χ2n) is 8.21. The van der Waals surface area contributed by atoms with E-state index in [-0.39, 0.29) is 5.60 Å². The zero-order valence-electron chi connectivity index (χ0n) is 16.7. The molecule has 5 heterocycles. The third kappa shape index (κ3) is 3.12. The average Bonchev–Trinajstić information content (AvgIpc) is 3.44. The Kier molecular flexibility index (Phi) is 4.54. The maximum atomic E-state index is 5.99. The van der Waals surface area contributed by atoms with E-state index in [2.05, 4.69) is 48.4 Å². The SMILES string of the molecule is c1csc([C@@]2([C@H]3CCCN(c4nnnc5cc(N6CCOCC6)ccc45)C3)CO2)n1. The lowest BCUT2D eigenvalue weighted by atomic mass is 9.85. The fourth-order valence-electron chi connectivity index (χ4n) is 4.80. The van der Waals surface area contributed by atoms with E-state index >= 15 is 0 Å². The number of anilines is 2. The summed E-state index contributed by atoms with van der Waals surface area (Å²) in [5.74, 6) is 1.34. The number of thiazole rings is 1. The van der Waals surface area contributed by atoms with Gasteiger partial charge in [0.1, 0.15) is 16.1 Å². The molecule has 0 aliphatic carbocycles.